The number of amides is 1. The second-order valence-electron chi connectivity index (χ2n) is 4.86. The maximum atomic E-state index is 12.0. The van der Waals surface area contributed by atoms with Crippen LogP contribution in [-0.2, 0) is 4.79 Å². The molecule has 0 heterocycles. The largest absolute Gasteiger partial charge is 0.328 e. The first-order valence-corrected chi connectivity index (χ1v) is 6.26. The van der Waals surface area contributed by atoms with Crippen LogP contribution in [0.1, 0.15) is 24.8 Å². The average molecular weight is 274 g/mol. The van der Waals surface area contributed by atoms with Crippen molar-refractivity contribution >= 4 is 17.3 Å². The van der Waals surface area contributed by atoms with Crippen LogP contribution in [0.25, 0.3) is 0 Å². The molecular formula is C13H14N4O3. The second kappa shape index (κ2) is 5.67. The minimum absolute atomic E-state index is 0.0399. The molecule has 104 valence electrons. The molecule has 7 nitrogen and oxygen atoms in total. The van der Waals surface area contributed by atoms with E-state index in [9.17, 15) is 14.9 Å². The molecule has 0 spiro atoms. The van der Waals surface area contributed by atoms with Gasteiger partial charge in [-0.1, -0.05) is 0 Å². The Morgan fingerprint density at radius 3 is 2.80 bits per heavy atom. The van der Waals surface area contributed by atoms with Gasteiger partial charge in [-0.25, -0.2) is 0 Å². The quantitative estimate of drug-likeness (QED) is 0.639. The fourth-order valence-corrected chi connectivity index (χ4v) is 2.34. The van der Waals surface area contributed by atoms with Gasteiger partial charge < -0.3 is 11.1 Å². The molecule has 2 rings (SSSR count). The molecule has 0 bridgehead atoms. The molecule has 0 aliphatic heterocycles. The molecule has 1 aromatic rings. The summed E-state index contributed by atoms with van der Waals surface area (Å²) in [5, 5.41) is 22.3. The predicted molar refractivity (Wildman–Crippen MR) is 71.8 cm³/mol. The number of nitrogens with one attached hydrogen (secondary N) is 1. The van der Waals surface area contributed by atoms with Gasteiger partial charge in [-0.05, 0) is 25.3 Å². The van der Waals surface area contributed by atoms with E-state index in [1.54, 1.807) is 0 Å². The van der Waals surface area contributed by atoms with Crippen molar-refractivity contribution in [2.45, 2.75) is 25.3 Å². The molecule has 1 aliphatic rings. The van der Waals surface area contributed by atoms with Gasteiger partial charge in [0.15, 0.2) is 0 Å². The number of nitrogens with zero attached hydrogens (tertiary/aromatic N) is 2. The monoisotopic (exact) mass is 274 g/mol. The normalized spacial score (nSPS) is 21.2. The summed E-state index contributed by atoms with van der Waals surface area (Å²) in [6.45, 7) is 0. The van der Waals surface area contributed by atoms with E-state index in [1.165, 1.54) is 12.1 Å². The van der Waals surface area contributed by atoms with Gasteiger partial charge in [0, 0.05) is 24.1 Å². The molecule has 0 aromatic heterocycles. The topological polar surface area (TPSA) is 122 Å². The number of benzene rings is 1. The van der Waals surface area contributed by atoms with Gasteiger partial charge in [-0.3, -0.25) is 14.9 Å². The molecule has 0 radical (unpaired) electrons. The van der Waals surface area contributed by atoms with Crippen molar-refractivity contribution in [3.05, 3.63) is 33.9 Å². The summed E-state index contributed by atoms with van der Waals surface area (Å²) in [6, 6.07) is 5.68. The highest BCUT2D eigenvalue weighted by Gasteiger charge is 2.28. The summed E-state index contributed by atoms with van der Waals surface area (Å²) in [7, 11) is 0. The summed E-state index contributed by atoms with van der Waals surface area (Å²) in [4.78, 5) is 22.1. The highest BCUT2D eigenvalue weighted by molar-refractivity contribution is 5.94. The SMILES string of the molecule is N#Cc1cc([N+](=O)[O-])ccc1NC(=O)C1CCC(N)C1. The third kappa shape index (κ3) is 2.92. The first-order valence-electron chi connectivity index (χ1n) is 6.26. The fourth-order valence-electron chi connectivity index (χ4n) is 2.34. The molecule has 1 aliphatic carbocycles. The van der Waals surface area contributed by atoms with E-state index in [1.807, 2.05) is 6.07 Å². The molecule has 2 unspecified atom stereocenters. The third-order valence-electron chi connectivity index (χ3n) is 3.44. The number of nitriles is 1. The van der Waals surface area contributed by atoms with Crippen LogP contribution < -0.4 is 11.1 Å². The number of anilines is 1. The zero-order valence-corrected chi connectivity index (χ0v) is 10.7. The average Bonchev–Trinajstić information content (AvgIpc) is 2.85. The Hall–Kier alpha value is -2.46. The zero-order valence-electron chi connectivity index (χ0n) is 10.7. The Morgan fingerprint density at radius 2 is 2.25 bits per heavy atom. The minimum atomic E-state index is -0.581. The highest BCUT2D eigenvalue weighted by atomic mass is 16.6. The summed E-state index contributed by atoms with van der Waals surface area (Å²) >= 11 is 0. The number of carbonyl (C=O) groups is 1. The van der Waals surface area contributed by atoms with E-state index in [4.69, 9.17) is 11.0 Å². The Bertz CT molecular complexity index is 594. The van der Waals surface area contributed by atoms with E-state index in [-0.39, 0.29) is 29.1 Å². The molecule has 1 aromatic carbocycles. The standard InChI is InChI=1S/C13H14N4O3/c14-7-9-6-11(17(19)20)3-4-12(9)16-13(18)8-1-2-10(15)5-8/h3-4,6,8,10H,1-2,5,15H2,(H,16,18). The smallest absolute Gasteiger partial charge is 0.270 e. The summed E-state index contributed by atoms with van der Waals surface area (Å²) in [5.74, 6) is -0.352. The van der Waals surface area contributed by atoms with Crippen LogP contribution in [0.4, 0.5) is 11.4 Å². The van der Waals surface area contributed by atoms with Gasteiger partial charge in [0.25, 0.3) is 5.69 Å². The van der Waals surface area contributed by atoms with Crippen LogP contribution in [0.3, 0.4) is 0 Å². The van der Waals surface area contributed by atoms with E-state index >= 15 is 0 Å². The van der Waals surface area contributed by atoms with Gasteiger partial charge in [-0.2, -0.15) is 5.26 Å². The van der Waals surface area contributed by atoms with Gasteiger partial charge >= 0.3 is 0 Å². The first-order chi connectivity index (χ1) is 9.51. The fraction of sp³-hybridized carbons (Fsp3) is 0.385. The number of nitro groups is 1. The van der Waals surface area contributed by atoms with Crippen molar-refractivity contribution in [2.24, 2.45) is 11.7 Å². The number of carbonyl (C=O) groups excluding carboxylic acids is 1. The van der Waals surface area contributed by atoms with Crippen LogP contribution in [-0.4, -0.2) is 16.9 Å². The van der Waals surface area contributed by atoms with Gasteiger partial charge in [0.2, 0.25) is 5.91 Å². The van der Waals surface area contributed by atoms with Crippen molar-refractivity contribution in [3.8, 4) is 6.07 Å². The molecular weight excluding hydrogens is 260 g/mol. The van der Waals surface area contributed by atoms with E-state index in [2.05, 4.69) is 5.32 Å². The molecule has 20 heavy (non-hydrogen) atoms. The van der Waals surface area contributed by atoms with Gasteiger partial charge in [-0.15, -0.1) is 0 Å². The van der Waals surface area contributed by atoms with Crippen LogP contribution in [0.2, 0.25) is 0 Å². The van der Waals surface area contributed by atoms with Crippen molar-refractivity contribution in [1.82, 2.24) is 0 Å². The number of hydrogen-bond donors (Lipinski definition) is 2. The maximum Gasteiger partial charge on any atom is 0.270 e. The van der Waals surface area contributed by atoms with E-state index in [0.717, 1.165) is 18.9 Å². The van der Waals surface area contributed by atoms with Crippen molar-refractivity contribution < 1.29 is 9.72 Å². The van der Waals surface area contributed by atoms with Crippen molar-refractivity contribution in [3.63, 3.8) is 0 Å². The lowest BCUT2D eigenvalue weighted by atomic mass is 10.1. The first kappa shape index (κ1) is 14.0. The highest BCUT2D eigenvalue weighted by Crippen LogP contribution is 2.27. The number of nitro benzene ring substituents is 1. The molecule has 2 atom stereocenters. The van der Waals surface area contributed by atoms with E-state index in [0.29, 0.717) is 12.1 Å². The Kier molecular flexibility index (Phi) is 3.96. The van der Waals surface area contributed by atoms with Crippen LogP contribution >= 0.6 is 0 Å². The number of nitrogens with two attached hydrogens (primary N) is 1. The van der Waals surface area contributed by atoms with Gasteiger partial charge in [0.1, 0.15) is 6.07 Å². The Balaban J connectivity index is 2.15. The lowest BCUT2D eigenvalue weighted by Gasteiger charge is -2.11. The molecule has 7 heteroatoms. The van der Waals surface area contributed by atoms with Crippen LogP contribution in [0, 0.1) is 27.4 Å². The van der Waals surface area contributed by atoms with Crippen LogP contribution in [0.15, 0.2) is 18.2 Å². The zero-order chi connectivity index (χ0) is 14.7. The lowest BCUT2D eigenvalue weighted by molar-refractivity contribution is -0.384. The molecule has 1 amide bonds. The number of non-ortho nitro benzene ring substituents is 1. The number of rotatable bonds is 3. The molecule has 1 saturated carbocycles. The van der Waals surface area contributed by atoms with Crippen LogP contribution in [0.5, 0.6) is 0 Å². The maximum absolute atomic E-state index is 12.0. The lowest BCUT2D eigenvalue weighted by Crippen LogP contribution is -2.23. The second-order valence-corrected chi connectivity index (χ2v) is 4.86. The molecule has 0 saturated heterocycles. The van der Waals surface area contributed by atoms with Crippen molar-refractivity contribution in [2.75, 3.05) is 5.32 Å². The van der Waals surface area contributed by atoms with Crippen molar-refractivity contribution in [1.29, 1.82) is 5.26 Å². The summed E-state index contributed by atoms with van der Waals surface area (Å²) in [5.41, 5.74) is 5.95. The van der Waals surface area contributed by atoms with Gasteiger partial charge in [0.05, 0.1) is 16.2 Å². The predicted octanol–water partition coefficient (Wildman–Crippen LogP) is 1.53. The Labute approximate surface area is 115 Å². The van der Waals surface area contributed by atoms with E-state index < -0.39 is 4.92 Å². The number of hydrogen-bond acceptors (Lipinski definition) is 5. The minimum Gasteiger partial charge on any atom is -0.328 e. The molecule has 1 fully saturated rings. The molecule has 3 N–H and O–H groups in total. The summed E-state index contributed by atoms with van der Waals surface area (Å²) < 4.78 is 0. The summed E-state index contributed by atoms with van der Waals surface area (Å²) in [6.07, 6.45) is 2.16. The Morgan fingerprint density at radius 1 is 1.50 bits per heavy atom. The third-order valence-corrected chi connectivity index (χ3v) is 3.44.